The van der Waals surface area contributed by atoms with Gasteiger partial charge < -0.3 is 16.4 Å². The summed E-state index contributed by atoms with van der Waals surface area (Å²) in [6.07, 6.45) is 1.79. The largest absolute Gasteiger partial charge is 0.355 e. The van der Waals surface area contributed by atoms with Crippen molar-refractivity contribution in [3.05, 3.63) is 29.3 Å². The maximum atomic E-state index is 12.3. The van der Waals surface area contributed by atoms with E-state index in [4.69, 9.17) is 5.73 Å². The maximum absolute atomic E-state index is 12.3. The van der Waals surface area contributed by atoms with Crippen molar-refractivity contribution in [1.82, 2.24) is 10.2 Å². The zero-order chi connectivity index (χ0) is 17.5. The summed E-state index contributed by atoms with van der Waals surface area (Å²) in [4.78, 5) is 26.4. The number of anilines is 1. The Morgan fingerprint density at radius 1 is 1.32 bits per heavy atom. The van der Waals surface area contributed by atoms with E-state index in [1.807, 2.05) is 32.0 Å². The van der Waals surface area contributed by atoms with E-state index in [0.717, 1.165) is 36.2 Å². The molecule has 1 aliphatic heterocycles. The maximum Gasteiger partial charge on any atom is 0.238 e. The van der Waals surface area contributed by atoms with Gasteiger partial charge in [-0.3, -0.25) is 14.5 Å². The fourth-order valence-electron chi connectivity index (χ4n) is 3.03. The molecule has 7 heteroatoms. The number of benzene rings is 1. The van der Waals surface area contributed by atoms with E-state index in [1.54, 1.807) is 0 Å². The molecule has 1 fully saturated rings. The number of piperidine rings is 1. The van der Waals surface area contributed by atoms with Crippen molar-refractivity contribution >= 4 is 29.9 Å². The molecule has 4 N–H and O–H groups in total. The van der Waals surface area contributed by atoms with E-state index in [-0.39, 0.29) is 30.1 Å². The molecule has 140 valence electrons. The van der Waals surface area contributed by atoms with Crippen LogP contribution in [0.15, 0.2) is 18.2 Å². The van der Waals surface area contributed by atoms with E-state index in [0.29, 0.717) is 26.2 Å². The highest BCUT2D eigenvalue weighted by atomic mass is 35.5. The second-order valence-electron chi connectivity index (χ2n) is 6.45. The van der Waals surface area contributed by atoms with Crippen molar-refractivity contribution in [2.24, 2.45) is 11.7 Å². The van der Waals surface area contributed by atoms with Gasteiger partial charge >= 0.3 is 0 Å². The van der Waals surface area contributed by atoms with Crippen molar-refractivity contribution in [3.8, 4) is 0 Å². The van der Waals surface area contributed by atoms with Gasteiger partial charge in [0.2, 0.25) is 11.8 Å². The molecule has 0 radical (unpaired) electrons. The molecule has 1 atom stereocenters. The number of carbonyl (C=O) groups excluding carboxylic acids is 2. The molecule has 25 heavy (non-hydrogen) atoms. The highest BCUT2D eigenvalue weighted by molar-refractivity contribution is 5.93. The van der Waals surface area contributed by atoms with Crippen LogP contribution >= 0.6 is 12.4 Å². The first-order valence-corrected chi connectivity index (χ1v) is 8.57. The number of nitrogens with two attached hydrogens (primary N) is 1. The summed E-state index contributed by atoms with van der Waals surface area (Å²) in [6.45, 7) is 6.76. The first-order chi connectivity index (χ1) is 11.5. The van der Waals surface area contributed by atoms with Crippen LogP contribution in [0, 0.1) is 19.8 Å². The summed E-state index contributed by atoms with van der Waals surface area (Å²) in [6, 6.07) is 5.89. The Morgan fingerprint density at radius 3 is 2.80 bits per heavy atom. The number of aryl methyl sites for hydroxylation is 1. The number of rotatable bonds is 6. The fourth-order valence-corrected chi connectivity index (χ4v) is 3.03. The molecule has 1 aromatic rings. The zero-order valence-corrected chi connectivity index (χ0v) is 15.8. The molecule has 1 saturated heterocycles. The summed E-state index contributed by atoms with van der Waals surface area (Å²) in [5, 5.41) is 5.82. The number of nitrogens with zero attached hydrogens (tertiary/aromatic N) is 1. The summed E-state index contributed by atoms with van der Waals surface area (Å²) < 4.78 is 0. The van der Waals surface area contributed by atoms with Crippen LogP contribution in [0.1, 0.15) is 24.0 Å². The van der Waals surface area contributed by atoms with Gasteiger partial charge in [0.05, 0.1) is 12.5 Å². The molecule has 0 spiro atoms. The molecule has 1 aliphatic rings. The molecule has 6 nitrogen and oxygen atoms in total. The number of amides is 2. The van der Waals surface area contributed by atoms with Crippen LogP contribution in [0.3, 0.4) is 0 Å². The third-order valence-corrected chi connectivity index (χ3v) is 4.57. The van der Waals surface area contributed by atoms with Crippen molar-refractivity contribution in [2.45, 2.75) is 26.7 Å². The molecule has 1 unspecified atom stereocenters. The van der Waals surface area contributed by atoms with E-state index < -0.39 is 0 Å². The first-order valence-electron chi connectivity index (χ1n) is 8.57. The lowest BCUT2D eigenvalue weighted by molar-refractivity contribution is -0.127. The lowest BCUT2D eigenvalue weighted by atomic mass is 9.97. The zero-order valence-electron chi connectivity index (χ0n) is 15.0. The van der Waals surface area contributed by atoms with Crippen LogP contribution < -0.4 is 16.4 Å². The van der Waals surface area contributed by atoms with Gasteiger partial charge in [0.15, 0.2) is 0 Å². The summed E-state index contributed by atoms with van der Waals surface area (Å²) >= 11 is 0. The number of carbonyl (C=O) groups is 2. The molecule has 1 heterocycles. The summed E-state index contributed by atoms with van der Waals surface area (Å²) in [5.41, 5.74) is 8.51. The second-order valence-corrected chi connectivity index (χ2v) is 6.45. The standard InChI is InChI=1S/C18H28N4O2.ClH/c1-13-5-3-7-16(14(13)2)21-17(23)12-22-10-4-6-15(11-22)18(24)20-9-8-19;/h3,5,7,15H,4,6,8-12,19H2,1-2H3,(H,20,24)(H,21,23);1H. The molecular formula is C18H29ClN4O2. The number of hydrogen-bond donors (Lipinski definition) is 3. The Balaban J connectivity index is 0.00000312. The van der Waals surface area contributed by atoms with Crippen LogP contribution in [0.25, 0.3) is 0 Å². The monoisotopic (exact) mass is 368 g/mol. The highest BCUT2D eigenvalue weighted by Gasteiger charge is 2.26. The first kappa shape index (κ1) is 21.4. The van der Waals surface area contributed by atoms with Crippen LogP contribution in [0.5, 0.6) is 0 Å². The molecule has 2 amide bonds. The smallest absolute Gasteiger partial charge is 0.238 e. The number of nitrogens with one attached hydrogen (secondary N) is 2. The molecule has 2 rings (SSSR count). The average Bonchev–Trinajstić information content (AvgIpc) is 2.57. The van der Waals surface area contributed by atoms with E-state index in [1.165, 1.54) is 0 Å². The third-order valence-electron chi connectivity index (χ3n) is 4.57. The van der Waals surface area contributed by atoms with Gasteiger partial charge in [0, 0.05) is 25.3 Å². The average molecular weight is 369 g/mol. The van der Waals surface area contributed by atoms with Gasteiger partial charge in [0.1, 0.15) is 0 Å². The predicted molar refractivity (Wildman–Crippen MR) is 103 cm³/mol. The van der Waals surface area contributed by atoms with Gasteiger partial charge in [-0.15, -0.1) is 12.4 Å². The van der Waals surface area contributed by atoms with Crippen LogP contribution in [0.4, 0.5) is 5.69 Å². The van der Waals surface area contributed by atoms with Crippen LogP contribution in [-0.4, -0.2) is 49.4 Å². The quantitative estimate of drug-likeness (QED) is 0.709. The molecular weight excluding hydrogens is 340 g/mol. The number of likely N-dealkylation sites (tertiary alicyclic amines) is 1. The topological polar surface area (TPSA) is 87.5 Å². The van der Waals surface area contributed by atoms with E-state index in [2.05, 4.69) is 15.5 Å². The van der Waals surface area contributed by atoms with Crippen molar-refractivity contribution < 1.29 is 9.59 Å². The molecule has 1 aromatic carbocycles. The van der Waals surface area contributed by atoms with Gasteiger partial charge in [-0.25, -0.2) is 0 Å². The Bertz CT molecular complexity index is 594. The van der Waals surface area contributed by atoms with Gasteiger partial charge in [-0.1, -0.05) is 12.1 Å². The Kier molecular flexibility index (Phi) is 8.89. The normalized spacial score (nSPS) is 17.5. The Labute approximate surface area is 155 Å². The van der Waals surface area contributed by atoms with Gasteiger partial charge in [0.25, 0.3) is 0 Å². The Morgan fingerprint density at radius 2 is 2.08 bits per heavy atom. The van der Waals surface area contributed by atoms with Crippen LogP contribution in [-0.2, 0) is 9.59 Å². The predicted octanol–water partition coefficient (Wildman–Crippen LogP) is 1.45. The lowest BCUT2D eigenvalue weighted by Gasteiger charge is -2.31. The number of hydrogen-bond acceptors (Lipinski definition) is 4. The van der Waals surface area contributed by atoms with Gasteiger partial charge in [-0.05, 0) is 50.4 Å². The van der Waals surface area contributed by atoms with E-state index in [9.17, 15) is 9.59 Å². The fraction of sp³-hybridized carbons (Fsp3) is 0.556. The van der Waals surface area contributed by atoms with Crippen molar-refractivity contribution in [2.75, 3.05) is 38.0 Å². The molecule has 0 saturated carbocycles. The third kappa shape index (κ3) is 6.30. The molecule has 0 aromatic heterocycles. The van der Waals surface area contributed by atoms with Crippen molar-refractivity contribution in [3.63, 3.8) is 0 Å². The van der Waals surface area contributed by atoms with Gasteiger partial charge in [-0.2, -0.15) is 0 Å². The van der Waals surface area contributed by atoms with E-state index >= 15 is 0 Å². The lowest BCUT2D eigenvalue weighted by Crippen LogP contribution is -2.46. The summed E-state index contributed by atoms with van der Waals surface area (Å²) in [5.74, 6) is -0.0504. The minimum absolute atomic E-state index is 0. The Hall–Kier alpha value is -1.63. The summed E-state index contributed by atoms with van der Waals surface area (Å²) in [7, 11) is 0. The number of halogens is 1. The minimum Gasteiger partial charge on any atom is -0.355 e. The van der Waals surface area contributed by atoms with Crippen LogP contribution in [0.2, 0.25) is 0 Å². The molecule has 0 aliphatic carbocycles. The minimum atomic E-state index is -0.0567. The van der Waals surface area contributed by atoms with Crippen molar-refractivity contribution in [1.29, 1.82) is 0 Å². The molecule has 0 bridgehead atoms. The second kappa shape index (κ2) is 10.4. The highest BCUT2D eigenvalue weighted by Crippen LogP contribution is 2.19. The SMILES string of the molecule is Cc1cccc(NC(=O)CN2CCCC(C(=O)NCCN)C2)c1C.Cl.